The van der Waals surface area contributed by atoms with Crippen LogP contribution in [-0.4, -0.2) is 240 Å². The third-order valence-corrected chi connectivity index (χ3v) is 20.1. The number of ether oxygens (including phenoxy) is 10. The van der Waals surface area contributed by atoms with Crippen LogP contribution in [0.3, 0.4) is 0 Å². The van der Waals surface area contributed by atoms with Crippen LogP contribution in [0.2, 0.25) is 0 Å². The highest BCUT2D eigenvalue weighted by molar-refractivity contribution is 5.15. The average Bonchev–Trinajstić information content (AvgIpc) is 3.85. The smallest absolute Gasteiger partial charge is 0.187 e. The maximum absolute atomic E-state index is 11.6. The number of rotatable bonds is 15. The minimum Gasteiger partial charge on any atom is -0.394 e. The van der Waals surface area contributed by atoms with Gasteiger partial charge in [0.15, 0.2) is 30.9 Å². The molecule has 32 atom stereocenters. The molecular formula is C51H86O23. The largest absolute Gasteiger partial charge is 0.394 e. The molecule has 32 unspecified atom stereocenters. The molecule has 0 amide bonds. The number of aliphatic hydroxyl groups excluding tert-OH is 13. The average molecular weight is 1070 g/mol. The van der Waals surface area contributed by atoms with Crippen molar-refractivity contribution in [1.29, 1.82) is 0 Å². The van der Waals surface area contributed by atoms with E-state index in [-0.39, 0.29) is 34.9 Å². The van der Waals surface area contributed by atoms with Crippen molar-refractivity contribution in [2.45, 2.75) is 246 Å². The predicted octanol–water partition coefficient (Wildman–Crippen LogP) is -2.52. The number of hydrogen-bond donors (Lipinski definition) is 13. The van der Waals surface area contributed by atoms with Gasteiger partial charge in [-0.25, -0.2) is 0 Å². The van der Waals surface area contributed by atoms with Gasteiger partial charge >= 0.3 is 0 Å². The maximum atomic E-state index is 11.6. The third kappa shape index (κ3) is 10.1. The molecule has 0 aromatic carbocycles. The SMILES string of the molecule is COC1(CCC(C)OC2OC(CO)C(O)C(O)C2O)OC2CC3C4CCC5CC(OC6OC(CO)C(OC7OC(CO)C(O)C(O)C7OC7OC(C)C(O)C(O)C7O)C(O)C6O)CCC5(C)C4CCC3(C)C2C1C. The van der Waals surface area contributed by atoms with Crippen molar-refractivity contribution in [3.63, 3.8) is 0 Å². The van der Waals surface area contributed by atoms with E-state index in [4.69, 9.17) is 47.4 Å². The molecular weight excluding hydrogens is 981 g/mol. The summed E-state index contributed by atoms with van der Waals surface area (Å²) in [6.07, 6.45) is -22.6. The van der Waals surface area contributed by atoms with Crippen LogP contribution in [-0.2, 0) is 47.4 Å². The van der Waals surface area contributed by atoms with Gasteiger partial charge in [0, 0.05) is 19.4 Å². The van der Waals surface area contributed by atoms with Crippen molar-refractivity contribution in [1.82, 2.24) is 0 Å². The fraction of sp³-hybridized carbons (Fsp3) is 1.00. The van der Waals surface area contributed by atoms with E-state index in [0.29, 0.717) is 49.4 Å². The molecule has 428 valence electrons. The fourth-order valence-corrected chi connectivity index (χ4v) is 15.8. The molecule has 5 aliphatic heterocycles. The summed E-state index contributed by atoms with van der Waals surface area (Å²) in [7, 11) is 1.69. The van der Waals surface area contributed by atoms with Gasteiger partial charge in [-0.05, 0) is 112 Å². The van der Waals surface area contributed by atoms with Gasteiger partial charge in [0.1, 0.15) is 91.6 Å². The Hall–Kier alpha value is -0.920. The zero-order valence-electron chi connectivity index (χ0n) is 43.3. The van der Waals surface area contributed by atoms with Gasteiger partial charge in [0.05, 0.1) is 44.2 Å². The molecule has 0 aromatic heterocycles. The zero-order chi connectivity index (χ0) is 53.5. The van der Waals surface area contributed by atoms with Gasteiger partial charge in [-0.1, -0.05) is 20.8 Å². The second-order valence-corrected chi connectivity index (χ2v) is 23.9. The first kappa shape index (κ1) is 57.8. The van der Waals surface area contributed by atoms with E-state index in [1.807, 2.05) is 6.92 Å². The van der Waals surface area contributed by atoms with E-state index in [0.717, 1.165) is 38.5 Å². The highest BCUT2D eigenvalue weighted by Gasteiger charge is 2.69. The fourth-order valence-electron chi connectivity index (χ4n) is 15.8. The highest BCUT2D eigenvalue weighted by Crippen LogP contribution is 2.71. The van der Waals surface area contributed by atoms with Crippen molar-refractivity contribution < 1.29 is 114 Å². The van der Waals surface area contributed by atoms with E-state index >= 15 is 0 Å². The molecule has 9 aliphatic rings. The lowest BCUT2D eigenvalue weighted by atomic mass is 9.44. The van der Waals surface area contributed by atoms with Crippen molar-refractivity contribution in [2.75, 3.05) is 26.9 Å². The van der Waals surface area contributed by atoms with E-state index in [1.54, 1.807) is 7.11 Å². The third-order valence-electron chi connectivity index (χ3n) is 20.1. The molecule has 0 radical (unpaired) electrons. The van der Waals surface area contributed by atoms with Crippen LogP contribution in [0.5, 0.6) is 0 Å². The predicted molar refractivity (Wildman–Crippen MR) is 250 cm³/mol. The van der Waals surface area contributed by atoms with E-state index in [9.17, 15) is 66.4 Å². The molecule has 9 fully saturated rings. The molecule has 0 aromatic rings. The van der Waals surface area contributed by atoms with Crippen molar-refractivity contribution in [3.8, 4) is 0 Å². The zero-order valence-corrected chi connectivity index (χ0v) is 43.3. The summed E-state index contributed by atoms with van der Waals surface area (Å²) in [4.78, 5) is 0. The molecule has 5 saturated heterocycles. The first-order valence-electron chi connectivity index (χ1n) is 27.2. The topological polar surface area (TPSA) is 355 Å². The first-order valence-corrected chi connectivity index (χ1v) is 27.2. The summed E-state index contributed by atoms with van der Waals surface area (Å²) in [5.41, 5.74) is 0.0723. The monoisotopic (exact) mass is 1070 g/mol. The summed E-state index contributed by atoms with van der Waals surface area (Å²) in [6.45, 7) is 8.38. The Kier molecular flexibility index (Phi) is 17.6. The van der Waals surface area contributed by atoms with Gasteiger partial charge in [0.2, 0.25) is 0 Å². The van der Waals surface area contributed by atoms with E-state index < -0.39 is 155 Å². The molecule has 13 N–H and O–H groups in total. The minimum absolute atomic E-state index is 0.0156. The standard InChI is InChI=1S/C51H86O23/c1-20(66-45-41(63)37(59)34(56)29(17-52)69-45)9-14-51(65-6)21(2)32-28(74-51)16-27-25-8-7-23-15-24(10-12-49(23,4)26(25)11-13-50(27,32)5)68-47-42(64)39(61)43(31(19-54)71-47)72-48-44(38(60)35(57)30(18-53)70-48)73-46-40(62)36(58)33(55)22(3)67-46/h20-48,52-64H,7-19H2,1-6H3. The van der Waals surface area contributed by atoms with Gasteiger partial charge in [0.25, 0.3) is 0 Å². The maximum Gasteiger partial charge on any atom is 0.187 e. The summed E-state index contributed by atoms with van der Waals surface area (Å²) in [5, 5.41) is 137. The van der Waals surface area contributed by atoms with Crippen molar-refractivity contribution in [3.05, 3.63) is 0 Å². The quantitative estimate of drug-likeness (QED) is 0.0753. The van der Waals surface area contributed by atoms with E-state index in [2.05, 4.69) is 20.8 Å². The van der Waals surface area contributed by atoms with Crippen LogP contribution in [0.15, 0.2) is 0 Å². The molecule has 23 heteroatoms. The van der Waals surface area contributed by atoms with Crippen LogP contribution in [0.25, 0.3) is 0 Å². The molecule has 74 heavy (non-hydrogen) atoms. The van der Waals surface area contributed by atoms with Crippen LogP contribution in [0, 0.1) is 46.3 Å². The van der Waals surface area contributed by atoms with Gasteiger partial charge in [-0.2, -0.15) is 0 Å². The Labute approximate surface area is 431 Å². The summed E-state index contributed by atoms with van der Waals surface area (Å²) >= 11 is 0. The molecule has 0 bridgehead atoms. The van der Waals surface area contributed by atoms with Crippen LogP contribution >= 0.6 is 0 Å². The number of methoxy groups -OCH3 is 1. The van der Waals surface area contributed by atoms with Crippen LogP contribution in [0.1, 0.15) is 98.8 Å². The van der Waals surface area contributed by atoms with Crippen molar-refractivity contribution >= 4 is 0 Å². The number of aliphatic hydroxyl groups is 13. The Bertz CT molecular complexity index is 1850. The normalized spacial score (nSPS) is 56.0. The molecule has 23 nitrogen and oxygen atoms in total. The Morgan fingerprint density at radius 2 is 1.12 bits per heavy atom. The van der Waals surface area contributed by atoms with Crippen molar-refractivity contribution in [2.24, 2.45) is 46.3 Å². The Morgan fingerprint density at radius 1 is 0.554 bits per heavy atom. The lowest BCUT2D eigenvalue weighted by Gasteiger charge is -2.61. The van der Waals surface area contributed by atoms with Crippen LogP contribution in [0.4, 0.5) is 0 Å². The Balaban J connectivity index is 0.800. The molecule has 4 aliphatic carbocycles. The summed E-state index contributed by atoms with van der Waals surface area (Å²) < 4.78 is 60.7. The molecule has 4 saturated carbocycles. The highest BCUT2D eigenvalue weighted by atomic mass is 16.8. The van der Waals surface area contributed by atoms with Crippen LogP contribution < -0.4 is 0 Å². The second kappa shape index (κ2) is 22.6. The molecule has 5 heterocycles. The number of fused-ring (bicyclic) bond motifs is 7. The van der Waals surface area contributed by atoms with Gasteiger partial charge in [-0.3, -0.25) is 0 Å². The lowest BCUT2D eigenvalue weighted by molar-refractivity contribution is -0.389. The molecule has 9 rings (SSSR count). The summed E-state index contributed by atoms with van der Waals surface area (Å²) in [6, 6.07) is 0. The molecule has 0 spiro atoms. The van der Waals surface area contributed by atoms with Gasteiger partial charge in [-0.15, -0.1) is 0 Å². The first-order chi connectivity index (χ1) is 35.1. The van der Waals surface area contributed by atoms with E-state index in [1.165, 1.54) is 6.92 Å². The minimum atomic E-state index is -1.83. The second-order valence-electron chi connectivity index (χ2n) is 23.9. The Morgan fingerprint density at radius 3 is 1.80 bits per heavy atom. The number of hydrogen-bond acceptors (Lipinski definition) is 23. The van der Waals surface area contributed by atoms with Gasteiger partial charge < -0.3 is 114 Å². The lowest BCUT2D eigenvalue weighted by Crippen LogP contribution is -2.67. The summed E-state index contributed by atoms with van der Waals surface area (Å²) in [5.74, 6) is 1.30.